The fourth-order valence-electron chi connectivity index (χ4n) is 1.65. The van der Waals surface area contributed by atoms with Crippen LogP contribution in [0.1, 0.15) is 22.3 Å². The van der Waals surface area contributed by atoms with Crippen molar-refractivity contribution in [2.75, 3.05) is 0 Å². The summed E-state index contributed by atoms with van der Waals surface area (Å²) in [5, 5.41) is 0. The maximum Gasteiger partial charge on any atom is 0.192 e. The van der Waals surface area contributed by atoms with E-state index in [0.717, 1.165) is 11.1 Å². The summed E-state index contributed by atoms with van der Waals surface area (Å²) in [5.74, 6) is 0.0757. The number of carbonyl (C=O) groups is 1. The molecule has 2 heteroatoms. The van der Waals surface area contributed by atoms with E-state index in [2.05, 4.69) is 6.58 Å². The van der Waals surface area contributed by atoms with Crippen molar-refractivity contribution in [1.29, 1.82) is 0 Å². The number of hydrogen-bond acceptors (Lipinski definition) is 2. The highest BCUT2D eigenvalue weighted by atomic mass is 16.5. The van der Waals surface area contributed by atoms with E-state index >= 15 is 0 Å². The second-order valence-electron chi connectivity index (χ2n) is 3.35. The van der Waals surface area contributed by atoms with E-state index in [0.29, 0.717) is 13.0 Å². The Labute approximate surface area is 83.2 Å². The third kappa shape index (κ3) is 1.49. The number of hydrogen-bond donors (Lipinski definition) is 0. The summed E-state index contributed by atoms with van der Waals surface area (Å²) in [6.07, 6.45) is 1.98. The van der Waals surface area contributed by atoms with Crippen LogP contribution in [0.2, 0.25) is 0 Å². The molecule has 0 bridgehead atoms. The SMILES string of the molecule is C=CC[C@H]1OCc2ccccc2C1=O. The smallest absolute Gasteiger partial charge is 0.192 e. The van der Waals surface area contributed by atoms with Gasteiger partial charge in [-0.05, 0) is 12.0 Å². The van der Waals surface area contributed by atoms with E-state index in [9.17, 15) is 4.79 Å². The van der Waals surface area contributed by atoms with Gasteiger partial charge in [0.15, 0.2) is 5.78 Å². The number of Topliss-reactive ketones (excluding diaryl/α,β-unsaturated/α-hetero) is 1. The van der Waals surface area contributed by atoms with Crippen LogP contribution in [0.25, 0.3) is 0 Å². The van der Waals surface area contributed by atoms with Gasteiger partial charge >= 0.3 is 0 Å². The highest BCUT2D eigenvalue weighted by Gasteiger charge is 2.26. The fourth-order valence-corrected chi connectivity index (χ4v) is 1.65. The van der Waals surface area contributed by atoms with Crippen molar-refractivity contribution in [2.45, 2.75) is 19.1 Å². The van der Waals surface area contributed by atoms with Gasteiger partial charge in [0.1, 0.15) is 6.10 Å². The Morgan fingerprint density at radius 3 is 3.07 bits per heavy atom. The lowest BCUT2D eigenvalue weighted by molar-refractivity contribution is 0.0276. The maximum atomic E-state index is 11.8. The Hall–Kier alpha value is -1.41. The maximum absolute atomic E-state index is 11.8. The molecule has 0 fully saturated rings. The first-order valence-corrected chi connectivity index (χ1v) is 4.67. The van der Waals surface area contributed by atoms with Crippen LogP contribution in [0.5, 0.6) is 0 Å². The Bertz CT molecular complexity index is 368. The molecule has 1 aliphatic rings. The molecular weight excluding hydrogens is 176 g/mol. The molecule has 0 spiro atoms. The number of fused-ring (bicyclic) bond motifs is 1. The van der Waals surface area contributed by atoms with Crippen LogP contribution in [-0.2, 0) is 11.3 Å². The first kappa shape index (κ1) is 9.16. The van der Waals surface area contributed by atoms with Crippen molar-refractivity contribution in [3.05, 3.63) is 48.0 Å². The largest absolute Gasteiger partial charge is 0.365 e. The minimum Gasteiger partial charge on any atom is -0.365 e. The topological polar surface area (TPSA) is 26.3 Å². The van der Waals surface area contributed by atoms with Crippen molar-refractivity contribution in [1.82, 2.24) is 0 Å². The Morgan fingerprint density at radius 2 is 2.29 bits per heavy atom. The van der Waals surface area contributed by atoms with Crippen LogP contribution in [0.15, 0.2) is 36.9 Å². The van der Waals surface area contributed by atoms with Gasteiger partial charge in [0.25, 0.3) is 0 Å². The molecule has 0 N–H and O–H groups in total. The van der Waals surface area contributed by atoms with E-state index < -0.39 is 0 Å². The summed E-state index contributed by atoms with van der Waals surface area (Å²) < 4.78 is 5.44. The second-order valence-corrected chi connectivity index (χ2v) is 3.35. The Kier molecular flexibility index (Phi) is 2.46. The molecule has 72 valence electrons. The third-order valence-electron chi connectivity index (χ3n) is 2.40. The third-order valence-corrected chi connectivity index (χ3v) is 2.40. The Balaban J connectivity index is 2.31. The predicted molar refractivity (Wildman–Crippen MR) is 54.2 cm³/mol. The van der Waals surface area contributed by atoms with Gasteiger partial charge in [-0.2, -0.15) is 0 Å². The zero-order chi connectivity index (χ0) is 9.97. The lowest BCUT2D eigenvalue weighted by Gasteiger charge is -2.22. The summed E-state index contributed by atoms with van der Waals surface area (Å²) in [4.78, 5) is 11.8. The molecule has 0 amide bonds. The van der Waals surface area contributed by atoms with Crippen molar-refractivity contribution in [3.8, 4) is 0 Å². The zero-order valence-corrected chi connectivity index (χ0v) is 7.90. The summed E-state index contributed by atoms with van der Waals surface area (Å²) >= 11 is 0. The van der Waals surface area contributed by atoms with Crippen molar-refractivity contribution in [3.63, 3.8) is 0 Å². The molecule has 1 aliphatic heterocycles. The van der Waals surface area contributed by atoms with Crippen molar-refractivity contribution in [2.24, 2.45) is 0 Å². The summed E-state index contributed by atoms with van der Waals surface area (Å²) in [6.45, 7) is 4.14. The number of rotatable bonds is 2. The second kappa shape index (κ2) is 3.76. The molecule has 2 nitrogen and oxygen atoms in total. The lowest BCUT2D eigenvalue weighted by Crippen LogP contribution is -2.29. The monoisotopic (exact) mass is 188 g/mol. The minimum atomic E-state index is -0.331. The number of benzene rings is 1. The average Bonchev–Trinajstić information content (AvgIpc) is 2.23. The predicted octanol–water partition coefficient (Wildman–Crippen LogP) is 2.34. The van der Waals surface area contributed by atoms with Crippen molar-refractivity contribution >= 4 is 5.78 Å². The highest BCUT2D eigenvalue weighted by Crippen LogP contribution is 2.21. The van der Waals surface area contributed by atoms with Gasteiger partial charge in [0.2, 0.25) is 0 Å². The van der Waals surface area contributed by atoms with Crippen LogP contribution < -0.4 is 0 Å². The normalized spacial score (nSPS) is 20.3. The molecule has 1 aromatic carbocycles. The van der Waals surface area contributed by atoms with E-state index in [4.69, 9.17) is 4.74 Å². The molecule has 0 radical (unpaired) electrons. The molecule has 2 rings (SSSR count). The molecule has 0 aromatic heterocycles. The van der Waals surface area contributed by atoms with Crippen molar-refractivity contribution < 1.29 is 9.53 Å². The van der Waals surface area contributed by atoms with Gasteiger partial charge in [-0.3, -0.25) is 4.79 Å². The molecule has 0 aliphatic carbocycles. The van der Waals surface area contributed by atoms with Crippen LogP contribution in [-0.4, -0.2) is 11.9 Å². The van der Waals surface area contributed by atoms with Crippen LogP contribution in [0.3, 0.4) is 0 Å². The van der Waals surface area contributed by atoms with Gasteiger partial charge in [-0.15, -0.1) is 6.58 Å². The lowest BCUT2D eigenvalue weighted by atomic mass is 9.96. The molecular formula is C12H12O2. The standard InChI is InChI=1S/C12H12O2/c1-2-5-11-12(13)10-7-4-3-6-9(10)8-14-11/h2-4,6-7,11H,1,5,8H2/t11-/m1/s1. The summed E-state index contributed by atoms with van der Waals surface area (Å²) in [5.41, 5.74) is 1.78. The summed E-state index contributed by atoms with van der Waals surface area (Å²) in [7, 11) is 0. The first-order chi connectivity index (χ1) is 6.83. The number of carbonyl (C=O) groups excluding carboxylic acids is 1. The van der Waals surface area contributed by atoms with Gasteiger partial charge in [0.05, 0.1) is 6.61 Å². The highest BCUT2D eigenvalue weighted by molar-refractivity contribution is 6.01. The molecule has 1 aromatic rings. The molecule has 1 atom stereocenters. The molecule has 0 saturated carbocycles. The van der Waals surface area contributed by atoms with Gasteiger partial charge in [0, 0.05) is 5.56 Å². The van der Waals surface area contributed by atoms with Gasteiger partial charge < -0.3 is 4.74 Å². The van der Waals surface area contributed by atoms with Crippen LogP contribution in [0.4, 0.5) is 0 Å². The Morgan fingerprint density at radius 1 is 1.50 bits per heavy atom. The fraction of sp³-hybridized carbons (Fsp3) is 0.250. The van der Waals surface area contributed by atoms with Gasteiger partial charge in [-0.25, -0.2) is 0 Å². The van der Waals surface area contributed by atoms with E-state index in [-0.39, 0.29) is 11.9 Å². The average molecular weight is 188 g/mol. The molecule has 0 saturated heterocycles. The number of ether oxygens (including phenoxy) is 1. The summed E-state index contributed by atoms with van der Waals surface area (Å²) in [6, 6.07) is 7.59. The molecule has 14 heavy (non-hydrogen) atoms. The molecule has 0 unspecified atom stereocenters. The number of ketones is 1. The van der Waals surface area contributed by atoms with E-state index in [1.807, 2.05) is 24.3 Å². The first-order valence-electron chi connectivity index (χ1n) is 4.67. The molecule has 1 heterocycles. The zero-order valence-electron chi connectivity index (χ0n) is 7.90. The van der Waals surface area contributed by atoms with E-state index in [1.165, 1.54) is 0 Å². The van der Waals surface area contributed by atoms with E-state index in [1.54, 1.807) is 6.08 Å². The van der Waals surface area contributed by atoms with Crippen LogP contribution >= 0.6 is 0 Å². The quantitative estimate of drug-likeness (QED) is 0.666. The van der Waals surface area contributed by atoms with Gasteiger partial charge in [-0.1, -0.05) is 30.3 Å². The van der Waals surface area contributed by atoms with Crippen LogP contribution in [0, 0.1) is 0 Å². The minimum absolute atomic E-state index is 0.0757.